The molecule has 0 unspecified atom stereocenters. The molecule has 18 heavy (non-hydrogen) atoms. The number of anilines is 1. The van der Waals surface area contributed by atoms with Gasteiger partial charge in [-0.2, -0.15) is 0 Å². The topological polar surface area (TPSA) is 29.3 Å². The Kier molecular flexibility index (Phi) is 4.28. The number of hydrogen-bond donors (Lipinski definition) is 1. The van der Waals surface area contributed by atoms with Crippen LogP contribution in [0, 0.1) is 0 Å². The number of nitrogens with zero attached hydrogens (tertiary/aromatic N) is 1. The third kappa shape index (κ3) is 2.39. The Morgan fingerprint density at radius 1 is 1.06 bits per heavy atom. The molecule has 2 rings (SSSR count). The third-order valence-electron chi connectivity index (χ3n) is 4.56. The molecular formula is C16H26N2. The Hall–Kier alpha value is -1.02. The first kappa shape index (κ1) is 13.4. The normalized spacial score (nSPS) is 17.9. The van der Waals surface area contributed by atoms with Crippen molar-refractivity contribution in [1.29, 1.82) is 0 Å². The van der Waals surface area contributed by atoms with Gasteiger partial charge in [0.25, 0.3) is 0 Å². The molecule has 1 aromatic carbocycles. The maximum absolute atomic E-state index is 6.04. The molecule has 0 spiro atoms. The largest absolute Gasteiger partial charge is 0.372 e. The maximum Gasteiger partial charge on any atom is 0.0366 e. The molecule has 0 heterocycles. The van der Waals surface area contributed by atoms with Crippen molar-refractivity contribution in [2.45, 2.75) is 44.9 Å². The van der Waals surface area contributed by atoms with E-state index in [1.807, 2.05) is 0 Å². The van der Waals surface area contributed by atoms with E-state index in [1.54, 1.807) is 0 Å². The highest BCUT2D eigenvalue weighted by Crippen LogP contribution is 2.40. The van der Waals surface area contributed by atoms with E-state index in [4.69, 9.17) is 5.73 Å². The molecule has 0 atom stereocenters. The number of hydrogen-bond acceptors (Lipinski definition) is 2. The third-order valence-corrected chi connectivity index (χ3v) is 4.56. The van der Waals surface area contributed by atoms with Crippen molar-refractivity contribution in [3.05, 3.63) is 29.8 Å². The van der Waals surface area contributed by atoms with Crippen LogP contribution in [0.4, 0.5) is 5.69 Å². The summed E-state index contributed by atoms with van der Waals surface area (Å²) in [6, 6.07) is 9.12. The Balaban J connectivity index is 2.21. The van der Waals surface area contributed by atoms with Crippen molar-refractivity contribution >= 4 is 5.69 Å². The van der Waals surface area contributed by atoms with Crippen LogP contribution < -0.4 is 10.6 Å². The minimum Gasteiger partial charge on any atom is -0.372 e. The fourth-order valence-corrected chi connectivity index (χ4v) is 3.28. The van der Waals surface area contributed by atoms with E-state index in [1.165, 1.54) is 36.9 Å². The van der Waals surface area contributed by atoms with Crippen molar-refractivity contribution in [2.75, 3.05) is 24.5 Å². The standard InChI is InChI=1S/C16H26N2/c1-3-18(4-2)15-9-7-14(8-10-15)16(13-17)11-5-6-12-16/h7-10H,3-6,11-13,17H2,1-2H3. The van der Waals surface area contributed by atoms with Crippen molar-refractivity contribution < 1.29 is 0 Å². The van der Waals surface area contributed by atoms with Crippen molar-refractivity contribution in [3.8, 4) is 0 Å². The summed E-state index contributed by atoms with van der Waals surface area (Å²) in [6.45, 7) is 7.33. The minimum atomic E-state index is 0.266. The first-order valence-corrected chi connectivity index (χ1v) is 7.31. The van der Waals surface area contributed by atoms with Gasteiger partial charge in [0.15, 0.2) is 0 Å². The smallest absolute Gasteiger partial charge is 0.0366 e. The zero-order valence-corrected chi connectivity index (χ0v) is 11.8. The summed E-state index contributed by atoms with van der Waals surface area (Å²) in [5.74, 6) is 0. The van der Waals surface area contributed by atoms with E-state index >= 15 is 0 Å². The molecule has 0 saturated heterocycles. The molecule has 0 aliphatic heterocycles. The first-order valence-electron chi connectivity index (χ1n) is 7.31. The van der Waals surface area contributed by atoms with Crippen LogP contribution in [0.5, 0.6) is 0 Å². The predicted octanol–water partition coefficient (Wildman–Crippen LogP) is 3.30. The van der Waals surface area contributed by atoms with E-state index in [9.17, 15) is 0 Å². The summed E-state index contributed by atoms with van der Waals surface area (Å²) in [4.78, 5) is 2.38. The maximum atomic E-state index is 6.04. The lowest BCUT2D eigenvalue weighted by Gasteiger charge is -2.29. The van der Waals surface area contributed by atoms with E-state index in [0.29, 0.717) is 0 Å². The number of benzene rings is 1. The molecule has 100 valence electrons. The highest BCUT2D eigenvalue weighted by molar-refractivity contribution is 5.48. The zero-order valence-electron chi connectivity index (χ0n) is 11.8. The molecule has 0 amide bonds. The molecule has 2 heteroatoms. The van der Waals surface area contributed by atoms with Gasteiger partial charge in [-0.3, -0.25) is 0 Å². The van der Waals surface area contributed by atoms with Crippen LogP contribution >= 0.6 is 0 Å². The molecule has 2 N–H and O–H groups in total. The fraction of sp³-hybridized carbons (Fsp3) is 0.625. The highest BCUT2D eigenvalue weighted by Gasteiger charge is 2.33. The van der Waals surface area contributed by atoms with Crippen LogP contribution in [0.15, 0.2) is 24.3 Å². The molecule has 1 aliphatic carbocycles. The van der Waals surface area contributed by atoms with Crippen molar-refractivity contribution in [3.63, 3.8) is 0 Å². The molecule has 0 bridgehead atoms. The summed E-state index contributed by atoms with van der Waals surface area (Å²) in [5.41, 5.74) is 9.08. The van der Waals surface area contributed by atoms with Gasteiger partial charge in [0.05, 0.1) is 0 Å². The van der Waals surface area contributed by atoms with Gasteiger partial charge in [0.2, 0.25) is 0 Å². The molecule has 1 aromatic rings. The number of rotatable bonds is 5. The van der Waals surface area contributed by atoms with Crippen LogP contribution in [-0.2, 0) is 5.41 Å². The molecule has 0 radical (unpaired) electrons. The molecule has 1 aliphatic rings. The van der Waals surface area contributed by atoms with Crippen LogP contribution in [0.3, 0.4) is 0 Å². The fourth-order valence-electron chi connectivity index (χ4n) is 3.28. The average molecular weight is 246 g/mol. The van der Waals surface area contributed by atoms with Crippen LogP contribution in [-0.4, -0.2) is 19.6 Å². The molecular weight excluding hydrogens is 220 g/mol. The van der Waals surface area contributed by atoms with Gasteiger partial charge in [-0.05, 0) is 44.4 Å². The van der Waals surface area contributed by atoms with Crippen LogP contribution in [0.1, 0.15) is 45.1 Å². The van der Waals surface area contributed by atoms with E-state index < -0.39 is 0 Å². The molecule has 0 aromatic heterocycles. The van der Waals surface area contributed by atoms with Gasteiger partial charge in [0.1, 0.15) is 0 Å². The van der Waals surface area contributed by atoms with E-state index in [2.05, 4.69) is 43.0 Å². The predicted molar refractivity (Wildman–Crippen MR) is 79.2 cm³/mol. The Morgan fingerprint density at radius 2 is 1.61 bits per heavy atom. The highest BCUT2D eigenvalue weighted by atomic mass is 15.1. The van der Waals surface area contributed by atoms with Crippen LogP contribution in [0.25, 0.3) is 0 Å². The second-order valence-electron chi connectivity index (χ2n) is 5.41. The summed E-state index contributed by atoms with van der Waals surface area (Å²) in [5, 5.41) is 0. The quantitative estimate of drug-likeness (QED) is 0.863. The lowest BCUT2D eigenvalue weighted by Crippen LogP contribution is -2.32. The monoisotopic (exact) mass is 246 g/mol. The summed E-state index contributed by atoms with van der Waals surface area (Å²) >= 11 is 0. The Bertz CT molecular complexity index is 359. The molecule has 2 nitrogen and oxygen atoms in total. The van der Waals surface area contributed by atoms with Gasteiger partial charge < -0.3 is 10.6 Å². The Morgan fingerprint density at radius 3 is 2.06 bits per heavy atom. The molecule has 1 saturated carbocycles. The number of nitrogens with two attached hydrogens (primary N) is 1. The summed E-state index contributed by atoms with van der Waals surface area (Å²) < 4.78 is 0. The van der Waals surface area contributed by atoms with Crippen molar-refractivity contribution in [2.24, 2.45) is 5.73 Å². The summed E-state index contributed by atoms with van der Waals surface area (Å²) in [6.07, 6.45) is 5.17. The second kappa shape index (κ2) is 5.75. The zero-order chi connectivity index (χ0) is 13.0. The first-order chi connectivity index (χ1) is 8.75. The van der Waals surface area contributed by atoms with Gasteiger partial charge >= 0.3 is 0 Å². The van der Waals surface area contributed by atoms with Gasteiger partial charge in [0, 0.05) is 30.7 Å². The van der Waals surface area contributed by atoms with Crippen LogP contribution in [0.2, 0.25) is 0 Å². The SMILES string of the molecule is CCN(CC)c1ccc(C2(CN)CCCC2)cc1. The summed E-state index contributed by atoms with van der Waals surface area (Å²) in [7, 11) is 0. The minimum absolute atomic E-state index is 0.266. The van der Waals surface area contributed by atoms with Gasteiger partial charge in [-0.15, -0.1) is 0 Å². The van der Waals surface area contributed by atoms with Gasteiger partial charge in [-0.1, -0.05) is 25.0 Å². The molecule has 1 fully saturated rings. The van der Waals surface area contributed by atoms with E-state index in [-0.39, 0.29) is 5.41 Å². The van der Waals surface area contributed by atoms with Gasteiger partial charge in [-0.25, -0.2) is 0 Å². The van der Waals surface area contributed by atoms with E-state index in [0.717, 1.165) is 19.6 Å². The van der Waals surface area contributed by atoms with Crippen molar-refractivity contribution in [1.82, 2.24) is 0 Å². The lowest BCUT2D eigenvalue weighted by atomic mass is 9.79. The Labute approximate surface area is 111 Å². The lowest BCUT2D eigenvalue weighted by molar-refractivity contribution is 0.453. The average Bonchev–Trinajstić information content (AvgIpc) is 2.91. The second-order valence-corrected chi connectivity index (χ2v) is 5.41.